The van der Waals surface area contributed by atoms with Crippen LogP contribution in [0.25, 0.3) is 0 Å². The van der Waals surface area contributed by atoms with E-state index in [1.165, 1.54) is 83.2 Å². The molecular weight excluding hydrogens is 435 g/mol. The molecule has 0 fully saturated rings. The van der Waals surface area contributed by atoms with E-state index in [0.717, 1.165) is 37.7 Å². The molecule has 172 valence electrons. The molecule has 0 bridgehead atoms. The zero-order valence-corrected chi connectivity index (χ0v) is 21.2. The van der Waals surface area contributed by atoms with Crippen LogP contribution in [-0.4, -0.2) is 59.8 Å². The lowest BCUT2D eigenvalue weighted by molar-refractivity contribution is -0.00000919. The lowest BCUT2D eigenvalue weighted by Gasteiger charge is -2.27. The van der Waals surface area contributed by atoms with E-state index in [4.69, 9.17) is 0 Å². The van der Waals surface area contributed by atoms with Crippen LogP contribution in [-0.2, 0) is 0 Å². The van der Waals surface area contributed by atoms with Crippen molar-refractivity contribution in [1.82, 2.24) is 0 Å². The first-order chi connectivity index (χ1) is 13.2. The van der Waals surface area contributed by atoms with E-state index < -0.39 is 7.26 Å². The van der Waals surface area contributed by atoms with Crippen molar-refractivity contribution >= 4 is 7.26 Å². The summed E-state index contributed by atoms with van der Waals surface area (Å²) in [7, 11) is -1.11. The first-order valence-corrected chi connectivity index (χ1v) is 14.5. The third kappa shape index (κ3) is 18.8. The second-order valence-corrected chi connectivity index (χ2v) is 12.8. The van der Waals surface area contributed by atoms with E-state index in [1.54, 1.807) is 0 Å². The lowest BCUT2D eigenvalue weighted by atomic mass is 10.1. The zero-order chi connectivity index (χ0) is 20.1. The molecule has 0 aliphatic heterocycles. The number of unbranched alkanes of at least 4 members (excludes halogenated alkanes) is 11. The average Bonchev–Trinajstić information content (AvgIpc) is 2.69. The predicted molar refractivity (Wildman–Crippen MR) is 123 cm³/mol. The van der Waals surface area contributed by atoms with E-state index in [-0.39, 0.29) is 36.8 Å². The molecular formula is C23H50BrO3P. The van der Waals surface area contributed by atoms with Crippen LogP contribution >= 0.6 is 7.26 Å². The Hall–Kier alpha value is 0.790. The molecule has 0 aliphatic rings. The van der Waals surface area contributed by atoms with Crippen LogP contribution < -0.4 is 17.0 Å². The summed E-state index contributed by atoms with van der Waals surface area (Å²) in [5, 5.41) is 27.8. The summed E-state index contributed by atoms with van der Waals surface area (Å²) in [5.41, 5.74) is 0. The molecule has 0 unspecified atom stereocenters. The molecule has 0 saturated carbocycles. The van der Waals surface area contributed by atoms with E-state index in [0.29, 0.717) is 0 Å². The van der Waals surface area contributed by atoms with Crippen LogP contribution in [0.15, 0.2) is 0 Å². The minimum absolute atomic E-state index is 0. The monoisotopic (exact) mass is 484 g/mol. The summed E-state index contributed by atoms with van der Waals surface area (Å²) in [6.45, 7) is 3.10. The molecule has 0 radical (unpaired) electrons. The van der Waals surface area contributed by atoms with Crippen molar-refractivity contribution in [2.24, 2.45) is 0 Å². The summed E-state index contributed by atoms with van der Waals surface area (Å²) in [6, 6.07) is 0. The standard InChI is InChI=1S/C23H50O3P.BrH/c1-2-3-4-5-6-7-8-9-10-11-12-13-20-27(21-14-17-24,22-15-18-25)23-16-19-26;/h24-26H,2-23H2,1H3;1H/q+1;/p-1. The van der Waals surface area contributed by atoms with Gasteiger partial charge in [-0.05, 0) is 12.8 Å². The molecule has 0 atom stereocenters. The molecule has 0 aliphatic carbocycles. The predicted octanol–water partition coefficient (Wildman–Crippen LogP) is 2.86. The fraction of sp³-hybridized carbons (Fsp3) is 1.00. The first kappa shape index (κ1) is 31.0. The van der Waals surface area contributed by atoms with Crippen LogP contribution in [0.2, 0.25) is 0 Å². The fourth-order valence-electron chi connectivity index (χ4n) is 4.18. The average molecular weight is 486 g/mol. The van der Waals surface area contributed by atoms with Gasteiger partial charge in [0.1, 0.15) is 0 Å². The molecule has 28 heavy (non-hydrogen) atoms. The van der Waals surface area contributed by atoms with Crippen molar-refractivity contribution in [3.05, 3.63) is 0 Å². The highest BCUT2D eigenvalue weighted by atomic mass is 79.9. The third-order valence-corrected chi connectivity index (χ3v) is 10.9. The second-order valence-electron chi connectivity index (χ2n) is 8.36. The van der Waals surface area contributed by atoms with Gasteiger partial charge in [0.05, 0.1) is 24.6 Å². The van der Waals surface area contributed by atoms with Gasteiger partial charge in [0, 0.05) is 46.3 Å². The topological polar surface area (TPSA) is 60.7 Å². The quantitative estimate of drug-likeness (QED) is 0.163. The molecule has 0 spiro atoms. The number of aliphatic hydroxyl groups excluding tert-OH is 3. The molecule has 0 aromatic rings. The molecule has 5 heteroatoms. The van der Waals surface area contributed by atoms with Crippen molar-refractivity contribution < 1.29 is 32.3 Å². The van der Waals surface area contributed by atoms with Crippen LogP contribution in [0.4, 0.5) is 0 Å². The minimum Gasteiger partial charge on any atom is -1.00 e. The molecule has 0 aromatic heterocycles. The molecule has 3 nitrogen and oxygen atoms in total. The Bertz CT molecular complexity index is 271. The largest absolute Gasteiger partial charge is 1.00 e. The Morgan fingerprint density at radius 2 is 0.714 bits per heavy atom. The van der Waals surface area contributed by atoms with Gasteiger partial charge in [0.2, 0.25) is 0 Å². The SMILES string of the molecule is CCCCCCCCCCCCCC[P+](CCCO)(CCCO)CCCO.[Br-]. The maximum absolute atomic E-state index is 9.27. The van der Waals surface area contributed by atoms with Crippen molar-refractivity contribution in [2.45, 2.75) is 103 Å². The molecule has 0 aromatic carbocycles. The smallest absolute Gasteiger partial charge is 0.0616 e. The Morgan fingerprint density at radius 1 is 0.429 bits per heavy atom. The highest BCUT2D eigenvalue weighted by molar-refractivity contribution is 7.75. The van der Waals surface area contributed by atoms with E-state index in [9.17, 15) is 15.3 Å². The van der Waals surface area contributed by atoms with E-state index in [1.807, 2.05) is 0 Å². The van der Waals surface area contributed by atoms with Crippen LogP contribution in [0.1, 0.15) is 103 Å². The Labute approximate surface area is 187 Å². The number of rotatable bonds is 22. The highest BCUT2D eigenvalue weighted by Crippen LogP contribution is 2.60. The van der Waals surface area contributed by atoms with Crippen molar-refractivity contribution in [2.75, 3.05) is 44.5 Å². The molecule has 0 amide bonds. The number of aliphatic hydroxyl groups is 3. The second kappa shape index (κ2) is 24.1. The lowest BCUT2D eigenvalue weighted by Crippen LogP contribution is -3.00. The summed E-state index contributed by atoms with van der Waals surface area (Å²) in [6.07, 6.45) is 24.0. The van der Waals surface area contributed by atoms with Crippen LogP contribution in [0, 0.1) is 0 Å². The third-order valence-electron chi connectivity index (χ3n) is 5.86. The number of halogens is 1. The van der Waals surface area contributed by atoms with Crippen molar-refractivity contribution in [3.63, 3.8) is 0 Å². The molecule has 0 heterocycles. The minimum atomic E-state index is -1.11. The highest BCUT2D eigenvalue weighted by Gasteiger charge is 2.34. The first-order valence-electron chi connectivity index (χ1n) is 11.9. The van der Waals surface area contributed by atoms with E-state index in [2.05, 4.69) is 6.92 Å². The Kier molecular flexibility index (Phi) is 26.6. The van der Waals surface area contributed by atoms with Crippen LogP contribution in [0.3, 0.4) is 0 Å². The fourth-order valence-corrected chi connectivity index (χ4v) is 8.85. The van der Waals surface area contributed by atoms with Gasteiger partial charge in [-0.15, -0.1) is 0 Å². The summed E-state index contributed by atoms with van der Waals surface area (Å²) in [4.78, 5) is 0. The molecule has 0 rings (SSSR count). The summed E-state index contributed by atoms with van der Waals surface area (Å²) < 4.78 is 0. The van der Waals surface area contributed by atoms with Gasteiger partial charge < -0.3 is 32.3 Å². The summed E-state index contributed by atoms with van der Waals surface area (Å²) >= 11 is 0. The maximum atomic E-state index is 9.27. The normalized spacial score (nSPS) is 11.6. The molecule has 0 saturated heterocycles. The van der Waals surface area contributed by atoms with Crippen molar-refractivity contribution in [3.8, 4) is 0 Å². The van der Waals surface area contributed by atoms with Gasteiger partial charge in [-0.2, -0.15) is 0 Å². The Balaban J connectivity index is 0. The number of hydrogen-bond donors (Lipinski definition) is 3. The van der Waals surface area contributed by atoms with Gasteiger partial charge in [0.15, 0.2) is 0 Å². The van der Waals surface area contributed by atoms with E-state index >= 15 is 0 Å². The van der Waals surface area contributed by atoms with Gasteiger partial charge in [-0.1, -0.05) is 71.1 Å². The zero-order valence-electron chi connectivity index (χ0n) is 18.7. The van der Waals surface area contributed by atoms with Gasteiger partial charge >= 0.3 is 0 Å². The van der Waals surface area contributed by atoms with Crippen LogP contribution in [0.5, 0.6) is 0 Å². The summed E-state index contributed by atoms with van der Waals surface area (Å²) in [5.74, 6) is 0. The Morgan fingerprint density at radius 3 is 1.04 bits per heavy atom. The molecule has 3 N–H and O–H groups in total. The van der Waals surface area contributed by atoms with Gasteiger partial charge in [-0.25, -0.2) is 0 Å². The maximum Gasteiger partial charge on any atom is 0.0616 e. The van der Waals surface area contributed by atoms with Gasteiger partial charge in [-0.3, -0.25) is 0 Å². The van der Waals surface area contributed by atoms with Crippen molar-refractivity contribution in [1.29, 1.82) is 0 Å². The number of hydrogen-bond acceptors (Lipinski definition) is 3. The van der Waals surface area contributed by atoms with Gasteiger partial charge in [0.25, 0.3) is 0 Å².